The Morgan fingerprint density at radius 2 is 1.64 bits per heavy atom. The number of aliphatic hydroxyl groups is 2. The van der Waals surface area contributed by atoms with Gasteiger partial charge in [0.2, 0.25) is 0 Å². The number of rotatable bonds is 4. The minimum atomic E-state index is -2.27. The van der Waals surface area contributed by atoms with Crippen molar-refractivity contribution in [1.29, 1.82) is 0 Å². The molecule has 3 heterocycles. The van der Waals surface area contributed by atoms with Crippen LogP contribution in [0.3, 0.4) is 0 Å². The SMILES string of the molecule is COc1ccc2c(c1)c1c3c(c4c5ccccc5[nH]c4c1n2C1C[C@H](O[Si](C)(C)C(C)(C)C)[C@@H](O)[C@H]1O)C(=O)NC3=O. The van der Waals surface area contributed by atoms with E-state index in [0.29, 0.717) is 45.1 Å². The highest BCUT2D eigenvalue weighted by atomic mass is 28.4. The average molecular weight is 586 g/mol. The summed E-state index contributed by atoms with van der Waals surface area (Å²) in [7, 11) is -0.686. The highest BCUT2D eigenvalue weighted by molar-refractivity contribution is 6.74. The summed E-state index contributed by atoms with van der Waals surface area (Å²) in [5, 5.41) is 28.2. The number of nitrogens with zero attached hydrogens (tertiary/aromatic N) is 1. The van der Waals surface area contributed by atoms with Crippen molar-refractivity contribution < 1.29 is 29.0 Å². The number of fused-ring (bicyclic) bond motifs is 10. The molecule has 1 unspecified atom stereocenters. The summed E-state index contributed by atoms with van der Waals surface area (Å²) in [6.07, 6.45) is -2.39. The fraction of sp³-hybridized carbons (Fsp3) is 0.375. The van der Waals surface area contributed by atoms with Crippen LogP contribution in [0.4, 0.5) is 0 Å². The predicted molar refractivity (Wildman–Crippen MR) is 165 cm³/mol. The molecule has 2 amide bonds. The van der Waals surface area contributed by atoms with Gasteiger partial charge in [-0.2, -0.15) is 0 Å². The summed E-state index contributed by atoms with van der Waals surface area (Å²) in [6.45, 7) is 10.7. The molecule has 2 aliphatic rings. The zero-order valence-corrected chi connectivity index (χ0v) is 25.5. The minimum Gasteiger partial charge on any atom is -0.497 e. The maximum absolute atomic E-state index is 13.5. The number of benzene rings is 3. The molecule has 0 saturated heterocycles. The molecule has 9 nitrogen and oxygen atoms in total. The van der Waals surface area contributed by atoms with Gasteiger partial charge in [0, 0.05) is 32.6 Å². The first-order chi connectivity index (χ1) is 19.8. The van der Waals surface area contributed by atoms with Crippen LogP contribution < -0.4 is 10.1 Å². The van der Waals surface area contributed by atoms with Crippen molar-refractivity contribution in [2.24, 2.45) is 0 Å². The Kier molecular flexibility index (Phi) is 5.75. The highest BCUT2D eigenvalue weighted by Gasteiger charge is 2.49. The molecular formula is C32H35N3O6Si. The molecule has 2 aromatic heterocycles. The van der Waals surface area contributed by atoms with E-state index in [1.807, 2.05) is 47.0 Å². The van der Waals surface area contributed by atoms with Crippen LogP contribution in [0.25, 0.3) is 43.6 Å². The third-order valence-corrected chi connectivity index (χ3v) is 14.3. The Balaban J connectivity index is 1.57. The Labute approximate surface area is 243 Å². The van der Waals surface area contributed by atoms with Crippen LogP contribution in [0.2, 0.25) is 18.1 Å². The lowest BCUT2D eigenvalue weighted by Gasteiger charge is -2.39. The molecule has 1 aliphatic carbocycles. The smallest absolute Gasteiger partial charge is 0.259 e. The van der Waals surface area contributed by atoms with Crippen LogP contribution in [-0.4, -0.2) is 65.3 Å². The van der Waals surface area contributed by atoms with E-state index < -0.39 is 44.5 Å². The van der Waals surface area contributed by atoms with Gasteiger partial charge >= 0.3 is 0 Å². The van der Waals surface area contributed by atoms with Crippen molar-refractivity contribution in [3.05, 3.63) is 53.6 Å². The number of para-hydroxylation sites is 1. The molecule has 1 fully saturated rings. The van der Waals surface area contributed by atoms with Gasteiger partial charge in [-0.05, 0) is 48.8 Å². The molecule has 4 N–H and O–H groups in total. The molecule has 10 heteroatoms. The van der Waals surface area contributed by atoms with Crippen LogP contribution in [0.1, 0.15) is 53.9 Å². The summed E-state index contributed by atoms with van der Waals surface area (Å²) in [5.74, 6) is -0.294. The maximum atomic E-state index is 13.5. The fourth-order valence-corrected chi connectivity index (χ4v) is 8.02. The highest BCUT2D eigenvalue weighted by Crippen LogP contribution is 2.48. The molecule has 4 atom stereocenters. The lowest BCUT2D eigenvalue weighted by molar-refractivity contribution is -0.0199. The first-order valence-electron chi connectivity index (χ1n) is 14.3. The number of aromatic amines is 1. The number of aromatic nitrogens is 2. The van der Waals surface area contributed by atoms with Crippen LogP contribution in [0, 0.1) is 0 Å². The molecule has 1 aliphatic heterocycles. The van der Waals surface area contributed by atoms with E-state index in [1.54, 1.807) is 7.11 Å². The van der Waals surface area contributed by atoms with E-state index in [4.69, 9.17) is 9.16 Å². The topological polar surface area (TPSA) is 126 Å². The van der Waals surface area contributed by atoms with E-state index in [2.05, 4.69) is 44.2 Å². The lowest BCUT2D eigenvalue weighted by Crippen LogP contribution is -2.46. The normalized spacial score (nSPS) is 23.0. The van der Waals surface area contributed by atoms with Crippen molar-refractivity contribution in [2.45, 2.75) is 69.7 Å². The average Bonchev–Trinajstić information content (AvgIpc) is 3.63. The number of methoxy groups -OCH3 is 1. The summed E-state index contributed by atoms with van der Waals surface area (Å²) in [6, 6.07) is 12.7. The number of amides is 2. The van der Waals surface area contributed by atoms with Crippen molar-refractivity contribution in [1.82, 2.24) is 14.9 Å². The number of hydrogen-bond acceptors (Lipinski definition) is 6. The van der Waals surface area contributed by atoms with Gasteiger partial charge in [-0.15, -0.1) is 0 Å². The second-order valence-electron chi connectivity index (χ2n) is 13.1. The molecular weight excluding hydrogens is 550 g/mol. The first kappa shape index (κ1) is 27.1. The lowest BCUT2D eigenvalue weighted by atomic mass is 9.96. The number of carbonyl (C=O) groups is 2. The van der Waals surface area contributed by atoms with Crippen molar-refractivity contribution in [3.63, 3.8) is 0 Å². The number of nitrogens with one attached hydrogen (secondary N) is 2. The second-order valence-corrected chi connectivity index (χ2v) is 17.9. The van der Waals surface area contributed by atoms with Gasteiger partial charge in [-0.1, -0.05) is 39.0 Å². The molecule has 1 saturated carbocycles. The first-order valence-corrected chi connectivity index (χ1v) is 17.2. The number of hydrogen-bond donors (Lipinski definition) is 4. The van der Waals surface area contributed by atoms with Crippen LogP contribution in [0.15, 0.2) is 42.5 Å². The van der Waals surface area contributed by atoms with Gasteiger partial charge in [0.05, 0.1) is 41.4 Å². The van der Waals surface area contributed by atoms with Crippen LogP contribution in [0.5, 0.6) is 5.75 Å². The molecule has 5 aromatic rings. The maximum Gasteiger partial charge on any atom is 0.259 e. The monoisotopic (exact) mass is 585 g/mol. The van der Waals surface area contributed by atoms with Gasteiger partial charge in [0.25, 0.3) is 11.8 Å². The largest absolute Gasteiger partial charge is 0.497 e. The molecule has 0 spiro atoms. The Morgan fingerprint density at radius 1 is 0.952 bits per heavy atom. The van der Waals surface area contributed by atoms with E-state index >= 15 is 0 Å². The number of imide groups is 1. The summed E-state index contributed by atoms with van der Waals surface area (Å²) >= 11 is 0. The zero-order chi connectivity index (χ0) is 29.9. The van der Waals surface area contributed by atoms with E-state index in [1.165, 1.54) is 0 Å². The molecule has 0 bridgehead atoms. The van der Waals surface area contributed by atoms with Gasteiger partial charge in [-0.25, -0.2) is 0 Å². The third-order valence-electron chi connectivity index (χ3n) is 9.77. The number of aliphatic hydroxyl groups excluding tert-OH is 2. The molecule has 3 aromatic carbocycles. The van der Waals surface area contributed by atoms with Gasteiger partial charge in [0.15, 0.2) is 8.32 Å². The third kappa shape index (κ3) is 3.59. The van der Waals surface area contributed by atoms with Crippen molar-refractivity contribution in [2.75, 3.05) is 7.11 Å². The fourth-order valence-electron chi connectivity index (χ4n) is 6.67. The molecule has 42 heavy (non-hydrogen) atoms. The molecule has 7 rings (SSSR count). The summed E-state index contributed by atoms with van der Waals surface area (Å²) in [4.78, 5) is 30.3. The Morgan fingerprint density at radius 3 is 2.33 bits per heavy atom. The standard InChI is InChI=1S/C32H35N3O6Si/c1-32(2,3)42(5,6)41-21-14-20(28(36)29(21)37)35-19-12-11-15(40-4)13-17(19)23-25-24(30(38)34-31(25)39)22-16-9-7-8-10-18(16)33-26(22)27(23)35/h7-13,20-21,28-29,33,36-37H,14H2,1-6H3,(H,34,38,39)/t20?,21-,28-,29+/m0/s1. The van der Waals surface area contributed by atoms with Crippen molar-refractivity contribution in [3.8, 4) is 5.75 Å². The van der Waals surface area contributed by atoms with E-state index in [-0.39, 0.29) is 5.04 Å². The minimum absolute atomic E-state index is 0.0733. The molecule has 218 valence electrons. The Bertz CT molecular complexity index is 1970. The van der Waals surface area contributed by atoms with Crippen molar-refractivity contribution >= 4 is 63.7 Å². The summed E-state index contributed by atoms with van der Waals surface area (Å²) in [5.41, 5.74) is 3.63. The second kappa shape index (κ2) is 8.90. The van der Waals surface area contributed by atoms with Crippen LogP contribution in [-0.2, 0) is 4.43 Å². The Hall–Kier alpha value is -3.70. The summed E-state index contributed by atoms with van der Waals surface area (Å²) < 4.78 is 14.2. The zero-order valence-electron chi connectivity index (χ0n) is 24.5. The number of carbonyl (C=O) groups excluding carboxylic acids is 2. The quantitative estimate of drug-likeness (QED) is 0.166. The van der Waals surface area contributed by atoms with Gasteiger partial charge < -0.3 is 28.9 Å². The number of H-pyrrole nitrogens is 1. The van der Waals surface area contributed by atoms with E-state index in [9.17, 15) is 19.8 Å². The predicted octanol–water partition coefficient (Wildman–Crippen LogP) is 5.38. The van der Waals surface area contributed by atoms with E-state index in [0.717, 1.165) is 21.8 Å². The van der Waals surface area contributed by atoms with Gasteiger partial charge in [0.1, 0.15) is 18.0 Å². The van der Waals surface area contributed by atoms with Crippen LogP contribution >= 0.6 is 0 Å². The van der Waals surface area contributed by atoms with Gasteiger partial charge in [-0.3, -0.25) is 14.9 Å². The molecule has 0 radical (unpaired) electrons. The number of ether oxygens (including phenoxy) is 1.